The van der Waals surface area contributed by atoms with E-state index < -0.39 is 0 Å². The molecule has 2 N–H and O–H groups in total. The zero-order chi connectivity index (χ0) is 17.1. The standard InChI is InChI=1S/C18H18ClN3O2/c1-11-7-17(24-2)12(8-14(11)19)5-6-20-18(23)13-3-4-15-16(9-13)22-10-21-15/h3-4,7-10H,5-6H2,1-2H3,(H,20,23)(H,21,22). The van der Waals surface area contributed by atoms with Gasteiger partial charge in [0.05, 0.1) is 24.5 Å². The molecule has 1 amide bonds. The van der Waals surface area contributed by atoms with Gasteiger partial charge in [0.25, 0.3) is 5.91 Å². The normalized spacial score (nSPS) is 10.8. The molecule has 1 aromatic heterocycles. The van der Waals surface area contributed by atoms with Gasteiger partial charge in [-0.05, 0) is 54.8 Å². The van der Waals surface area contributed by atoms with Crippen LogP contribution in [-0.4, -0.2) is 29.5 Å². The van der Waals surface area contributed by atoms with Crippen molar-refractivity contribution < 1.29 is 9.53 Å². The molecule has 0 aliphatic heterocycles. The van der Waals surface area contributed by atoms with Crippen molar-refractivity contribution in [3.63, 3.8) is 0 Å². The molecule has 5 nitrogen and oxygen atoms in total. The number of H-pyrrole nitrogens is 1. The lowest BCUT2D eigenvalue weighted by molar-refractivity contribution is 0.0954. The van der Waals surface area contributed by atoms with Crippen LogP contribution in [0.15, 0.2) is 36.7 Å². The number of nitrogens with zero attached hydrogens (tertiary/aromatic N) is 1. The summed E-state index contributed by atoms with van der Waals surface area (Å²) in [5, 5.41) is 3.61. The number of aryl methyl sites for hydroxylation is 1. The largest absolute Gasteiger partial charge is 0.496 e. The van der Waals surface area contributed by atoms with E-state index in [-0.39, 0.29) is 5.91 Å². The minimum absolute atomic E-state index is 0.122. The molecule has 0 saturated carbocycles. The Kier molecular flexibility index (Phi) is 4.71. The summed E-state index contributed by atoms with van der Waals surface area (Å²) < 4.78 is 5.38. The molecule has 24 heavy (non-hydrogen) atoms. The van der Waals surface area contributed by atoms with E-state index in [1.807, 2.05) is 25.1 Å². The minimum atomic E-state index is -0.122. The summed E-state index contributed by atoms with van der Waals surface area (Å²) in [7, 11) is 1.63. The highest BCUT2D eigenvalue weighted by Gasteiger charge is 2.10. The van der Waals surface area contributed by atoms with Crippen LogP contribution < -0.4 is 10.1 Å². The van der Waals surface area contributed by atoms with Gasteiger partial charge in [-0.25, -0.2) is 4.98 Å². The smallest absolute Gasteiger partial charge is 0.251 e. The van der Waals surface area contributed by atoms with Gasteiger partial charge in [-0.15, -0.1) is 0 Å². The zero-order valence-corrected chi connectivity index (χ0v) is 14.3. The maximum absolute atomic E-state index is 12.3. The van der Waals surface area contributed by atoms with E-state index in [4.69, 9.17) is 16.3 Å². The van der Waals surface area contributed by atoms with Crippen LogP contribution in [0.4, 0.5) is 0 Å². The number of aromatic nitrogens is 2. The number of benzene rings is 2. The topological polar surface area (TPSA) is 67.0 Å². The van der Waals surface area contributed by atoms with Crippen LogP contribution in [0, 0.1) is 6.92 Å². The molecule has 0 saturated heterocycles. The third-order valence-electron chi connectivity index (χ3n) is 3.92. The maximum atomic E-state index is 12.3. The zero-order valence-electron chi connectivity index (χ0n) is 13.5. The van der Waals surface area contributed by atoms with Crippen LogP contribution in [-0.2, 0) is 6.42 Å². The van der Waals surface area contributed by atoms with Crippen molar-refractivity contribution in [2.24, 2.45) is 0 Å². The van der Waals surface area contributed by atoms with Gasteiger partial charge in [0.15, 0.2) is 0 Å². The van der Waals surface area contributed by atoms with Crippen molar-refractivity contribution in [3.8, 4) is 5.75 Å². The third-order valence-corrected chi connectivity index (χ3v) is 4.33. The second-order valence-corrected chi connectivity index (χ2v) is 5.96. The van der Waals surface area contributed by atoms with Gasteiger partial charge < -0.3 is 15.0 Å². The average molecular weight is 344 g/mol. The number of amides is 1. The molecular weight excluding hydrogens is 326 g/mol. The molecule has 3 aromatic rings. The van der Waals surface area contributed by atoms with Gasteiger partial charge in [-0.1, -0.05) is 11.6 Å². The molecule has 6 heteroatoms. The summed E-state index contributed by atoms with van der Waals surface area (Å²) in [5.41, 5.74) is 4.22. The maximum Gasteiger partial charge on any atom is 0.251 e. The van der Waals surface area contributed by atoms with E-state index in [1.54, 1.807) is 25.6 Å². The van der Waals surface area contributed by atoms with E-state index in [0.717, 1.165) is 27.9 Å². The van der Waals surface area contributed by atoms with Crippen LogP contribution in [0.25, 0.3) is 11.0 Å². The highest BCUT2D eigenvalue weighted by molar-refractivity contribution is 6.31. The highest BCUT2D eigenvalue weighted by Crippen LogP contribution is 2.26. The Balaban J connectivity index is 1.65. The molecule has 1 heterocycles. The Hall–Kier alpha value is -2.53. The molecule has 0 atom stereocenters. The van der Waals surface area contributed by atoms with Gasteiger partial charge in [0.2, 0.25) is 0 Å². The van der Waals surface area contributed by atoms with Gasteiger partial charge >= 0.3 is 0 Å². The molecule has 0 aliphatic carbocycles. The van der Waals surface area contributed by atoms with Gasteiger partial charge in [-0.3, -0.25) is 4.79 Å². The number of carbonyl (C=O) groups excluding carboxylic acids is 1. The van der Waals surface area contributed by atoms with Crippen molar-refractivity contribution in [1.82, 2.24) is 15.3 Å². The van der Waals surface area contributed by atoms with Crippen molar-refractivity contribution in [3.05, 3.63) is 58.4 Å². The first kappa shape index (κ1) is 16.3. The SMILES string of the molecule is COc1cc(C)c(Cl)cc1CCNC(=O)c1ccc2nc[nH]c2c1. The lowest BCUT2D eigenvalue weighted by Crippen LogP contribution is -2.25. The van der Waals surface area contributed by atoms with E-state index in [9.17, 15) is 4.79 Å². The molecule has 0 fully saturated rings. The number of carbonyl (C=O) groups is 1. The summed E-state index contributed by atoms with van der Waals surface area (Å²) in [6, 6.07) is 9.18. The quantitative estimate of drug-likeness (QED) is 0.745. The number of hydrogen-bond donors (Lipinski definition) is 2. The van der Waals surface area contributed by atoms with E-state index >= 15 is 0 Å². The fourth-order valence-electron chi connectivity index (χ4n) is 2.57. The Morgan fingerprint density at radius 1 is 1.33 bits per heavy atom. The predicted molar refractivity (Wildman–Crippen MR) is 94.9 cm³/mol. The number of halogens is 1. The highest BCUT2D eigenvalue weighted by atomic mass is 35.5. The van der Waals surface area contributed by atoms with Crippen LogP contribution in [0.2, 0.25) is 5.02 Å². The molecule has 0 bridgehead atoms. The molecule has 0 spiro atoms. The number of ether oxygens (including phenoxy) is 1. The summed E-state index contributed by atoms with van der Waals surface area (Å²) in [4.78, 5) is 19.4. The van der Waals surface area contributed by atoms with E-state index in [1.165, 1.54) is 0 Å². The number of fused-ring (bicyclic) bond motifs is 1. The Bertz CT molecular complexity index is 889. The van der Waals surface area contributed by atoms with Gasteiger partial charge in [0, 0.05) is 17.1 Å². The number of nitrogens with one attached hydrogen (secondary N) is 2. The number of methoxy groups -OCH3 is 1. The second kappa shape index (κ2) is 6.93. The Labute approximate surface area is 145 Å². The first-order valence-electron chi connectivity index (χ1n) is 7.63. The molecule has 0 aliphatic rings. The molecule has 2 aromatic carbocycles. The second-order valence-electron chi connectivity index (χ2n) is 5.55. The molecule has 3 rings (SSSR count). The van der Waals surface area contributed by atoms with Gasteiger partial charge in [-0.2, -0.15) is 0 Å². The summed E-state index contributed by atoms with van der Waals surface area (Å²) in [5.74, 6) is 0.661. The number of rotatable bonds is 5. The van der Waals surface area contributed by atoms with Crippen LogP contribution in [0.3, 0.4) is 0 Å². The van der Waals surface area contributed by atoms with Gasteiger partial charge in [0.1, 0.15) is 5.75 Å². The van der Waals surface area contributed by atoms with Crippen molar-refractivity contribution in [1.29, 1.82) is 0 Å². The van der Waals surface area contributed by atoms with Crippen molar-refractivity contribution in [2.75, 3.05) is 13.7 Å². The lowest BCUT2D eigenvalue weighted by Gasteiger charge is -2.11. The number of aromatic amines is 1. The molecule has 124 valence electrons. The first-order chi connectivity index (χ1) is 11.6. The van der Waals surface area contributed by atoms with E-state index in [0.29, 0.717) is 23.6 Å². The number of hydrogen-bond acceptors (Lipinski definition) is 3. The predicted octanol–water partition coefficient (Wildman–Crippen LogP) is 3.51. The monoisotopic (exact) mass is 343 g/mol. The van der Waals surface area contributed by atoms with Crippen LogP contribution in [0.1, 0.15) is 21.5 Å². The van der Waals surface area contributed by atoms with Crippen LogP contribution in [0.5, 0.6) is 5.75 Å². The Morgan fingerprint density at radius 3 is 2.96 bits per heavy atom. The molecule has 0 unspecified atom stereocenters. The van der Waals surface area contributed by atoms with Crippen molar-refractivity contribution in [2.45, 2.75) is 13.3 Å². The molecule has 0 radical (unpaired) electrons. The summed E-state index contributed by atoms with van der Waals surface area (Å²) in [6.07, 6.45) is 2.25. The molecular formula is C18H18ClN3O2. The number of imidazole rings is 1. The first-order valence-corrected chi connectivity index (χ1v) is 8.00. The van der Waals surface area contributed by atoms with Crippen LogP contribution >= 0.6 is 11.6 Å². The average Bonchev–Trinajstić information content (AvgIpc) is 3.05. The lowest BCUT2D eigenvalue weighted by atomic mass is 10.1. The summed E-state index contributed by atoms with van der Waals surface area (Å²) in [6.45, 7) is 2.43. The summed E-state index contributed by atoms with van der Waals surface area (Å²) >= 11 is 6.17. The third kappa shape index (κ3) is 3.36. The minimum Gasteiger partial charge on any atom is -0.496 e. The fraction of sp³-hybridized carbons (Fsp3) is 0.222. The van der Waals surface area contributed by atoms with Crippen molar-refractivity contribution >= 4 is 28.5 Å². The van der Waals surface area contributed by atoms with E-state index in [2.05, 4.69) is 15.3 Å². The fourth-order valence-corrected chi connectivity index (χ4v) is 2.76. The Morgan fingerprint density at radius 2 is 2.17 bits per heavy atom.